The molecule has 25 heavy (non-hydrogen) atoms. The van der Waals surface area contributed by atoms with Gasteiger partial charge in [-0.25, -0.2) is 9.97 Å². The molecule has 4 heterocycles. The van der Waals surface area contributed by atoms with Crippen LogP contribution < -0.4 is 4.90 Å². The minimum absolute atomic E-state index is 0.527. The molecule has 3 aromatic heterocycles. The summed E-state index contributed by atoms with van der Waals surface area (Å²) in [5.41, 5.74) is 2.09. The molecule has 6 heteroatoms. The lowest BCUT2D eigenvalue weighted by Crippen LogP contribution is -2.44. The average molecular weight is 336 g/mol. The Labute approximate surface area is 147 Å². The average Bonchev–Trinajstić information content (AvgIpc) is 3.16. The third kappa shape index (κ3) is 3.49. The van der Waals surface area contributed by atoms with Crippen molar-refractivity contribution in [1.29, 1.82) is 0 Å². The van der Waals surface area contributed by atoms with E-state index in [0.29, 0.717) is 6.04 Å². The van der Waals surface area contributed by atoms with Crippen LogP contribution >= 0.6 is 0 Å². The molecule has 6 nitrogen and oxygen atoms in total. The molecule has 4 rings (SSSR count). The number of piperidine rings is 1. The maximum atomic E-state index is 4.52. The van der Waals surface area contributed by atoms with E-state index in [-0.39, 0.29) is 0 Å². The molecular formula is C19H24N6. The fourth-order valence-corrected chi connectivity index (χ4v) is 3.66. The fourth-order valence-electron chi connectivity index (χ4n) is 3.66. The van der Waals surface area contributed by atoms with Gasteiger partial charge in [0.2, 0.25) is 0 Å². The molecule has 0 unspecified atom stereocenters. The van der Waals surface area contributed by atoms with Gasteiger partial charge in [-0.3, -0.25) is 4.98 Å². The van der Waals surface area contributed by atoms with Gasteiger partial charge in [0.1, 0.15) is 17.8 Å². The van der Waals surface area contributed by atoms with E-state index < -0.39 is 0 Å². The number of hydrogen-bond donors (Lipinski definition) is 1. The van der Waals surface area contributed by atoms with E-state index in [2.05, 4.69) is 55.0 Å². The van der Waals surface area contributed by atoms with Crippen LogP contribution in [0, 0.1) is 0 Å². The molecule has 0 spiro atoms. The van der Waals surface area contributed by atoms with Gasteiger partial charge in [0.05, 0.1) is 5.39 Å². The first-order valence-electron chi connectivity index (χ1n) is 8.94. The zero-order valence-corrected chi connectivity index (χ0v) is 14.6. The number of anilines is 1. The maximum Gasteiger partial charge on any atom is 0.142 e. The molecule has 1 N–H and O–H groups in total. The van der Waals surface area contributed by atoms with Crippen molar-refractivity contribution in [3.8, 4) is 0 Å². The van der Waals surface area contributed by atoms with Crippen molar-refractivity contribution < 1.29 is 0 Å². The van der Waals surface area contributed by atoms with E-state index in [0.717, 1.165) is 55.7 Å². The molecule has 1 fully saturated rings. The predicted octanol–water partition coefficient (Wildman–Crippen LogP) is 2.50. The molecule has 1 aliphatic heterocycles. The lowest BCUT2D eigenvalue weighted by Gasteiger charge is -2.37. The van der Waals surface area contributed by atoms with Crippen molar-refractivity contribution in [2.24, 2.45) is 0 Å². The van der Waals surface area contributed by atoms with Gasteiger partial charge in [0, 0.05) is 57.2 Å². The van der Waals surface area contributed by atoms with Gasteiger partial charge in [-0.1, -0.05) is 6.07 Å². The second-order valence-electron chi connectivity index (χ2n) is 6.69. The van der Waals surface area contributed by atoms with Gasteiger partial charge < -0.3 is 14.8 Å². The Kier molecular flexibility index (Phi) is 4.61. The number of likely N-dealkylation sites (tertiary alicyclic amines) is 1. The zero-order chi connectivity index (χ0) is 17.1. The Morgan fingerprint density at radius 2 is 2.04 bits per heavy atom. The largest absolute Gasteiger partial charge is 0.356 e. The molecule has 0 amide bonds. The number of pyridine rings is 1. The van der Waals surface area contributed by atoms with Gasteiger partial charge in [-0.15, -0.1) is 0 Å². The lowest BCUT2D eigenvalue weighted by molar-refractivity contribution is 0.212. The minimum Gasteiger partial charge on any atom is -0.356 e. The van der Waals surface area contributed by atoms with Crippen molar-refractivity contribution >= 4 is 16.9 Å². The summed E-state index contributed by atoms with van der Waals surface area (Å²) in [7, 11) is 2.16. The number of hydrogen-bond acceptors (Lipinski definition) is 5. The molecule has 0 bridgehead atoms. The van der Waals surface area contributed by atoms with Crippen LogP contribution in [0.15, 0.2) is 43.0 Å². The van der Waals surface area contributed by atoms with Crippen molar-refractivity contribution in [2.75, 3.05) is 31.6 Å². The van der Waals surface area contributed by atoms with Gasteiger partial charge in [0.25, 0.3) is 0 Å². The number of nitrogens with zero attached hydrogens (tertiary/aromatic N) is 5. The highest BCUT2D eigenvalue weighted by Gasteiger charge is 2.24. The first-order chi connectivity index (χ1) is 12.3. The summed E-state index contributed by atoms with van der Waals surface area (Å²) in [5, 5.41) is 1.10. The minimum atomic E-state index is 0.527. The van der Waals surface area contributed by atoms with E-state index >= 15 is 0 Å². The van der Waals surface area contributed by atoms with Crippen LogP contribution in [0.5, 0.6) is 0 Å². The molecule has 0 aromatic carbocycles. The van der Waals surface area contributed by atoms with Crippen LogP contribution in [-0.4, -0.2) is 57.6 Å². The SMILES string of the molecule is CN(c1ncnc2[nH]ccc12)C1CCN(CCc2ccccn2)CC1. The zero-order valence-electron chi connectivity index (χ0n) is 14.6. The summed E-state index contributed by atoms with van der Waals surface area (Å²) in [5.74, 6) is 1.03. The van der Waals surface area contributed by atoms with Gasteiger partial charge >= 0.3 is 0 Å². The van der Waals surface area contributed by atoms with Crippen molar-refractivity contribution in [3.63, 3.8) is 0 Å². The van der Waals surface area contributed by atoms with Crippen molar-refractivity contribution in [3.05, 3.63) is 48.7 Å². The summed E-state index contributed by atoms with van der Waals surface area (Å²) >= 11 is 0. The molecule has 0 saturated carbocycles. The normalized spacial score (nSPS) is 16.4. The van der Waals surface area contributed by atoms with E-state index in [4.69, 9.17) is 0 Å². The van der Waals surface area contributed by atoms with Crippen LogP contribution in [0.3, 0.4) is 0 Å². The van der Waals surface area contributed by atoms with Gasteiger partial charge in [-0.05, 0) is 31.0 Å². The topological polar surface area (TPSA) is 60.9 Å². The third-order valence-electron chi connectivity index (χ3n) is 5.18. The summed E-state index contributed by atoms with van der Waals surface area (Å²) in [6.07, 6.45) is 8.80. The van der Waals surface area contributed by atoms with E-state index in [1.165, 1.54) is 5.69 Å². The van der Waals surface area contributed by atoms with Crippen molar-refractivity contribution in [2.45, 2.75) is 25.3 Å². The first kappa shape index (κ1) is 16.0. The number of aromatic amines is 1. The summed E-state index contributed by atoms with van der Waals surface area (Å²) in [6.45, 7) is 3.34. The van der Waals surface area contributed by atoms with E-state index in [1.807, 2.05) is 18.5 Å². The highest BCUT2D eigenvalue weighted by atomic mass is 15.2. The number of rotatable bonds is 5. The molecule has 3 aromatic rings. The van der Waals surface area contributed by atoms with Crippen LogP contribution in [0.4, 0.5) is 5.82 Å². The Balaban J connectivity index is 1.34. The maximum absolute atomic E-state index is 4.52. The molecule has 0 aliphatic carbocycles. The summed E-state index contributed by atoms with van der Waals surface area (Å²) < 4.78 is 0. The third-order valence-corrected chi connectivity index (χ3v) is 5.18. The van der Waals surface area contributed by atoms with Crippen LogP contribution in [0.1, 0.15) is 18.5 Å². The summed E-state index contributed by atoms with van der Waals surface area (Å²) in [4.78, 5) is 21.3. The smallest absolute Gasteiger partial charge is 0.142 e. The lowest BCUT2D eigenvalue weighted by atomic mass is 10.0. The van der Waals surface area contributed by atoms with Crippen LogP contribution in [0.25, 0.3) is 11.0 Å². The number of aromatic nitrogens is 4. The number of nitrogens with one attached hydrogen (secondary N) is 1. The van der Waals surface area contributed by atoms with Crippen molar-refractivity contribution in [1.82, 2.24) is 24.8 Å². The van der Waals surface area contributed by atoms with E-state index in [9.17, 15) is 0 Å². The Morgan fingerprint density at radius 1 is 1.16 bits per heavy atom. The second-order valence-corrected chi connectivity index (χ2v) is 6.69. The highest BCUT2D eigenvalue weighted by molar-refractivity contribution is 5.87. The molecule has 1 aliphatic rings. The van der Waals surface area contributed by atoms with E-state index in [1.54, 1.807) is 6.33 Å². The Bertz CT molecular complexity index is 807. The quantitative estimate of drug-likeness (QED) is 0.776. The fraction of sp³-hybridized carbons (Fsp3) is 0.421. The predicted molar refractivity (Wildman–Crippen MR) is 99.7 cm³/mol. The van der Waals surface area contributed by atoms with Crippen LogP contribution in [-0.2, 0) is 6.42 Å². The molecule has 0 radical (unpaired) electrons. The number of H-pyrrole nitrogens is 1. The monoisotopic (exact) mass is 336 g/mol. The molecule has 130 valence electrons. The number of fused-ring (bicyclic) bond motifs is 1. The van der Waals surface area contributed by atoms with Crippen LogP contribution in [0.2, 0.25) is 0 Å². The Hall–Kier alpha value is -2.47. The first-order valence-corrected chi connectivity index (χ1v) is 8.94. The standard InChI is InChI=1S/C19H24N6/c1-24(19-17-5-10-21-18(17)22-14-23-19)16-7-12-25(13-8-16)11-6-15-4-2-3-9-20-15/h2-5,9-10,14,16H,6-8,11-13H2,1H3,(H,21,22,23). The summed E-state index contributed by atoms with van der Waals surface area (Å²) in [6, 6.07) is 8.73. The second kappa shape index (κ2) is 7.19. The molecule has 0 atom stereocenters. The van der Waals surface area contributed by atoms with Gasteiger partial charge in [0.15, 0.2) is 0 Å². The molecule has 1 saturated heterocycles. The van der Waals surface area contributed by atoms with Gasteiger partial charge in [-0.2, -0.15) is 0 Å². The molecular weight excluding hydrogens is 312 g/mol. The highest BCUT2D eigenvalue weighted by Crippen LogP contribution is 2.26. The Morgan fingerprint density at radius 3 is 2.84 bits per heavy atom.